The zero-order valence-corrected chi connectivity index (χ0v) is 13.0. The van der Waals surface area contributed by atoms with E-state index >= 15 is 0 Å². The van der Waals surface area contributed by atoms with Crippen LogP contribution >= 0.6 is 0 Å². The van der Waals surface area contributed by atoms with Gasteiger partial charge in [0.25, 0.3) is 0 Å². The lowest BCUT2D eigenvalue weighted by Gasteiger charge is -2.02. The van der Waals surface area contributed by atoms with Gasteiger partial charge in [-0.05, 0) is 36.4 Å². The summed E-state index contributed by atoms with van der Waals surface area (Å²) in [5.41, 5.74) is 1.93. The molecule has 0 saturated heterocycles. The number of rotatable bonds is 1. The second kappa shape index (κ2) is 6.79. The molecule has 4 N–H and O–H groups in total. The number of aromatic nitrogens is 3. The lowest BCUT2D eigenvalue weighted by atomic mass is 10.3. The first-order valence-electron chi connectivity index (χ1n) is 7.35. The summed E-state index contributed by atoms with van der Waals surface area (Å²) in [4.78, 5) is 1.35. The molecule has 7 heteroatoms. The van der Waals surface area contributed by atoms with Crippen LogP contribution in [-0.4, -0.2) is 35.4 Å². The maximum atomic E-state index is 9.71. The van der Waals surface area contributed by atoms with Gasteiger partial charge in [0.1, 0.15) is 39.7 Å². The Bertz CT molecular complexity index is 964. The van der Waals surface area contributed by atoms with Gasteiger partial charge in [-0.2, -0.15) is 0 Å². The fourth-order valence-electron chi connectivity index (χ4n) is 2.14. The minimum absolute atomic E-state index is 0.00274. The molecule has 0 atom stereocenters. The highest BCUT2D eigenvalue weighted by molar-refractivity contribution is 5.73. The highest BCUT2D eigenvalue weighted by Crippen LogP contribution is 2.25. The summed E-state index contributed by atoms with van der Waals surface area (Å²) in [6, 6.07) is 17.6. The van der Waals surface area contributed by atoms with Gasteiger partial charge in [-0.1, -0.05) is 18.2 Å². The van der Waals surface area contributed by atoms with Crippen molar-refractivity contribution >= 4 is 11.0 Å². The van der Waals surface area contributed by atoms with Crippen molar-refractivity contribution in [3.63, 3.8) is 0 Å². The van der Waals surface area contributed by atoms with Gasteiger partial charge in [0, 0.05) is 12.1 Å². The fraction of sp³-hybridized carbons (Fsp3) is 0. The molecule has 0 aliphatic rings. The molecule has 0 radical (unpaired) electrons. The van der Waals surface area contributed by atoms with Gasteiger partial charge in [0.2, 0.25) is 0 Å². The van der Waals surface area contributed by atoms with Crippen LogP contribution in [0.1, 0.15) is 0 Å². The van der Waals surface area contributed by atoms with Gasteiger partial charge in [-0.25, -0.2) is 0 Å². The summed E-state index contributed by atoms with van der Waals surface area (Å²) in [6.45, 7) is 0. The first kappa shape index (κ1) is 16.1. The van der Waals surface area contributed by atoms with Crippen molar-refractivity contribution in [2.75, 3.05) is 0 Å². The largest absolute Gasteiger partial charge is 0.508 e. The Balaban J connectivity index is 0.000000192. The van der Waals surface area contributed by atoms with Gasteiger partial charge >= 0.3 is 0 Å². The van der Waals surface area contributed by atoms with Crippen molar-refractivity contribution in [2.45, 2.75) is 0 Å². The number of hydrogen-bond donors (Lipinski definition) is 4. The molecule has 0 aliphatic carbocycles. The molecular weight excluding hydrogens is 322 g/mol. The Morgan fingerprint density at radius 2 is 1.16 bits per heavy atom. The highest BCUT2D eigenvalue weighted by atomic mass is 16.3. The molecule has 1 aromatic heterocycles. The lowest BCUT2D eigenvalue weighted by Crippen LogP contribution is -1.98. The molecular formula is C18H15N3O4. The molecule has 0 fully saturated rings. The number of nitrogens with zero attached hydrogens (tertiary/aromatic N) is 3. The lowest BCUT2D eigenvalue weighted by molar-refractivity contribution is 0.446. The summed E-state index contributed by atoms with van der Waals surface area (Å²) >= 11 is 0. The Morgan fingerprint density at radius 3 is 1.64 bits per heavy atom. The van der Waals surface area contributed by atoms with Crippen molar-refractivity contribution < 1.29 is 20.4 Å². The summed E-state index contributed by atoms with van der Waals surface area (Å²) in [5, 5.41) is 44.7. The zero-order chi connectivity index (χ0) is 17.8. The van der Waals surface area contributed by atoms with Gasteiger partial charge in [-0.15, -0.1) is 15.0 Å². The van der Waals surface area contributed by atoms with Gasteiger partial charge in [0.15, 0.2) is 0 Å². The molecule has 0 amide bonds. The number of fused-ring (bicyclic) bond motifs is 1. The number of phenolic OH excluding ortho intramolecular Hbond substituents is 4. The van der Waals surface area contributed by atoms with Crippen LogP contribution in [0.3, 0.4) is 0 Å². The first-order valence-corrected chi connectivity index (χ1v) is 7.35. The van der Waals surface area contributed by atoms with E-state index in [2.05, 4.69) is 10.2 Å². The van der Waals surface area contributed by atoms with E-state index in [0.717, 1.165) is 11.0 Å². The van der Waals surface area contributed by atoms with Crippen LogP contribution in [0.25, 0.3) is 16.7 Å². The standard InChI is InChI=1S/C12H9N3O2.C6H6O2/c16-8-5-6-11(12(17)7-8)15-13-9-3-1-2-4-10(9)14-15;7-5-2-1-3-6(8)4-5/h1-7,16-17H;1-4,7-8H. The molecule has 0 bridgehead atoms. The molecule has 126 valence electrons. The maximum absolute atomic E-state index is 9.71. The van der Waals surface area contributed by atoms with E-state index in [1.807, 2.05) is 24.3 Å². The molecule has 4 aromatic rings. The second-order valence-electron chi connectivity index (χ2n) is 5.17. The van der Waals surface area contributed by atoms with E-state index in [1.165, 1.54) is 35.1 Å². The van der Waals surface area contributed by atoms with Crippen LogP contribution in [-0.2, 0) is 0 Å². The fourth-order valence-corrected chi connectivity index (χ4v) is 2.14. The minimum atomic E-state index is -0.0645. The molecule has 0 unspecified atom stereocenters. The molecule has 0 aliphatic heterocycles. The Morgan fingerprint density at radius 1 is 0.600 bits per heavy atom. The van der Waals surface area contributed by atoms with Crippen molar-refractivity contribution in [1.29, 1.82) is 0 Å². The number of phenols is 4. The predicted octanol–water partition coefficient (Wildman–Crippen LogP) is 2.93. The predicted molar refractivity (Wildman–Crippen MR) is 92.0 cm³/mol. The third kappa shape index (κ3) is 3.78. The van der Waals surface area contributed by atoms with E-state index in [0.29, 0.717) is 5.69 Å². The molecule has 25 heavy (non-hydrogen) atoms. The summed E-state index contributed by atoms with van der Waals surface area (Å²) in [6.07, 6.45) is 0. The second-order valence-corrected chi connectivity index (χ2v) is 5.17. The van der Waals surface area contributed by atoms with Crippen LogP contribution in [0.4, 0.5) is 0 Å². The summed E-state index contributed by atoms with van der Waals surface area (Å²) in [5.74, 6) is 0.114. The Hall–Kier alpha value is -3.74. The van der Waals surface area contributed by atoms with E-state index < -0.39 is 0 Å². The molecule has 4 rings (SSSR count). The molecule has 1 heterocycles. The number of benzene rings is 3. The number of hydrogen-bond acceptors (Lipinski definition) is 6. The minimum Gasteiger partial charge on any atom is -0.508 e. The zero-order valence-electron chi connectivity index (χ0n) is 13.0. The highest BCUT2D eigenvalue weighted by Gasteiger charge is 2.08. The number of aromatic hydroxyl groups is 4. The SMILES string of the molecule is Oc1ccc(-n2nc3ccccc3n2)c(O)c1.Oc1cccc(O)c1. The third-order valence-electron chi connectivity index (χ3n) is 3.29. The van der Waals surface area contributed by atoms with E-state index in [1.54, 1.807) is 12.1 Å². The Labute approximate surface area is 142 Å². The maximum Gasteiger partial charge on any atom is 0.146 e. The van der Waals surface area contributed by atoms with Crippen LogP contribution in [0, 0.1) is 0 Å². The van der Waals surface area contributed by atoms with Gasteiger partial charge in [0.05, 0.1) is 0 Å². The average Bonchev–Trinajstić information content (AvgIpc) is 2.98. The van der Waals surface area contributed by atoms with Crippen molar-refractivity contribution in [2.24, 2.45) is 0 Å². The van der Waals surface area contributed by atoms with Crippen LogP contribution < -0.4 is 0 Å². The van der Waals surface area contributed by atoms with Crippen molar-refractivity contribution in [3.8, 4) is 28.7 Å². The monoisotopic (exact) mass is 337 g/mol. The summed E-state index contributed by atoms with van der Waals surface area (Å²) < 4.78 is 0. The Kier molecular flexibility index (Phi) is 4.38. The van der Waals surface area contributed by atoms with Crippen molar-refractivity contribution in [3.05, 3.63) is 66.7 Å². The third-order valence-corrected chi connectivity index (χ3v) is 3.29. The van der Waals surface area contributed by atoms with E-state index in [9.17, 15) is 10.2 Å². The topological polar surface area (TPSA) is 112 Å². The molecule has 0 spiro atoms. The smallest absolute Gasteiger partial charge is 0.146 e. The van der Waals surface area contributed by atoms with Crippen LogP contribution in [0.5, 0.6) is 23.0 Å². The molecule has 0 saturated carbocycles. The quantitative estimate of drug-likeness (QED) is 0.425. The normalized spacial score (nSPS) is 10.2. The molecule has 7 nitrogen and oxygen atoms in total. The summed E-state index contributed by atoms with van der Waals surface area (Å²) in [7, 11) is 0. The first-order chi connectivity index (χ1) is 12.0. The van der Waals surface area contributed by atoms with E-state index in [4.69, 9.17) is 10.2 Å². The van der Waals surface area contributed by atoms with Gasteiger partial charge < -0.3 is 20.4 Å². The van der Waals surface area contributed by atoms with Crippen molar-refractivity contribution in [1.82, 2.24) is 15.0 Å². The molecule has 3 aromatic carbocycles. The van der Waals surface area contributed by atoms with E-state index in [-0.39, 0.29) is 23.0 Å². The van der Waals surface area contributed by atoms with Crippen LogP contribution in [0.15, 0.2) is 66.7 Å². The van der Waals surface area contributed by atoms with Crippen LogP contribution in [0.2, 0.25) is 0 Å². The van der Waals surface area contributed by atoms with Gasteiger partial charge in [-0.3, -0.25) is 0 Å². The average molecular weight is 337 g/mol.